The van der Waals surface area contributed by atoms with Crippen LogP contribution in [0.1, 0.15) is 65.7 Å². The number of hydrogen-bond acceptors (Lipinski definition) is 0. The largest absolute Gasteiger partial charge is 0.127 e. The van der Waals surface area contributed by atoms with Gasteiger partial charge in [-0.25, -0.2) is 0 Å². The molecule has 0 bridgehead atoms. The van der Waals surface area contributed by atoms with Crippen LogP contribution < -0.4 is 0 Å². The minimum atomic E-state index is -0.0756. The molecule has 0 amide bonds. The lowest BCUT2D eigenvalue weighted by atomic mass is 9.47. The maximum atomic E-state index is 7.57. The van der Waals surface area contributed by atoms with Gasteiger partial charge in [-0.15, -0.1) is 23.2 Å². The average molecular weight is 367 g/mol. The van der Waals surface area contributed by atoms with Gasteiger partial charge in [0.1, 0.15) is 0 Å². The Morgan fingerprint density at radius 2 is 2.00 bits per heavy atom. The highest BCUT2D eigenvalue weighted by Crippen LogP contribution is 2.70. The number of alkyl halides is 2. The zero-order chi connectivity index (χ0) is 17.2. The van der Waals surface area contributed by atoms with Crippen molar-refractivity contribution in [3.8, 4) is 0 Å². The molecule has 0 heterocycles. The van der Waals surface area contributed by atoms with Crippen molar-refractivity contribution < 1.29 is 0 Å². The monoisotopic (exact) mass is 366 g/mol. The van der Waals surface area contributed by atoms with Gasteiger partial charge in [0.15, 0.2) is 0 Å². The summed E-state index contributed by atoms with van der Waals surface area (Å²) in [6.45, 7) is 7.46. The molecule has 4 rings (SSSR count). The molecule has 0 aromatic rings. The molecule has 3 saturated carbocycles. The molecule has 4 aliphatic carbocycles. The molecular formula is C22H32Cl2. The maximum absolute atomic E-state index is 7.57. The van der Waals surface area contributed by atoms with Gasteiger partial charge in [0.2, 0.25) is 0 Å². The van der Waals surface area contributed by atoms with Crippen LogP contribution in [0, 0.1) is 34.5 Å². The summed E-state index contributed by atoms with van der Waals surface area (Å²) in [6, 6.07) is 0. The topological polar surface area (TPSA) is 0 Å². The molecular weight excluding hydrogens is 335 g/mol. The van der Waals surface area contributed by atoms with Crippen molar-refractivity contribution in [3.63, 3.8) is 0 Å². The van der Waals surface area contributed by atoms with Crippen molar-refractivity contribution in [2.45, 2.75) is 70.6 Å². The molecule has 0 aliphatic heterocycles. The Hall–Kier alpha value is 0.0600. The lowest BCUT2D eigenvalue weighted by Gasteiger charge is -2.61. The number of rotatable bonds is 2. The van der Waals surface area contributed by atoms with Crippen molar-refractivity contribution in [1.82, 2.24) is 0 Å². The molecule has 4 aliphatic rings. The van der Waals surface area contributed by atoms with Crippen LogP contribution in [0.2, 0.25) is 0 Å². The Morgan fingerprint density at radius 1 is 1.21 bits per heavy atom. The summed E-state index contributed by atoms with van der Waals surface area (Å²) >= 11 is 13.8. The first-order valence-corrected chi connectivity index (χ1v) is 10.9. The first-order valence-electron chi connectivity index (χ1n) is 9.99. The first kappa shape index (κ1) is 17.5. The third kappa shape index (κ3) is 2.11. The van der Waals surface area contributed by atoms with Crippen molar-refractivity contribution >= 4 is 23.2 Å². The Bertz CT molecular complexity index is 579. The smallest absolute Gasteiger partial charge is 0.0602 e. The molecule has 0 unspecified atom stereocenters. The van der Waals surface area contributed by atoms with Gasteiger partial charge in [-0.3, -0.25) is 0 Å². The van der Waals surface area contributed by atoms with Crippen LogP contribution in [0.5, 0.6) is 0 Å². The van der Waals surface area contributed by atoms with Crippen molar-refractivity contribution in [1.29, 1.82) is 0 Å². The second-order valence-electron chi connectivity index (χ2n) is 9.49. The van der Waals surface area contributed by atoms with Crippen LogP contribution in [0.4, 0.5) is 0 Å². The summed E-state index contributed by atoms with van der Waals surface area (Å²) in [5, 5.41) is 0. The molecule has 134 valence electrons. The second kappa shape index (κ2) is 5.78. The summed E-state index contributed by atoms with van der Waals surface area (Å²) in [5.74, 6) is 3.82. The van der Waals surface area contributed by atoms with E-state index in [1.54, 1.807) is 5.57 Å². The quantitative estimate of drug-likeness (QED) is 0.365. The molecule has 0 radical (unpaired) electrons. The standard InChI is InChI=1S/C22H32Cl2/c1-15-14-19-18-8-7-16-6-4-5-10-21(16,3)22(18,24)12-11-20(19,2)17(15)9-13-23/h5-6,10,15,17-19H,4,7-9,11-14H2,1-3H3/t15-,17+,18+,19+,20-,21+,22-/m1/s1. The third-order valence-corrected chi connectivity index (χ3v) is 9.81. The van der Waals surface area contributed by atoms with E-state index in [4.69, 9.17) is 23.2 Å². The fraction of sp³-hybridized carbons (Fsp3) is 0.818. The van der Waals surface area contributed by atoms with Gasteiger partial charge in [0.25, 0.3) is 0 Å². The van der Waals surface area contributed by atoms with Crippen LogP contribution in [0.3, 0.4) is 0 Å². The fourth-order valence-corrected chi connectivity index (χ4v) is 8.20. The minimum absolute atomic E-state index is 0.0743. The van der Waals surface area contributed by atoms with Crippen LogP contribution in [0.25, 0.3) is 0 Å². The molecule has 0 aromatic carbocycles. The first-order chi connectivity index (χ1) is 11.4. The van der Waals surface area contributed by atoms with E-state index in [9.17, 15) is 0 Å². The van der Waals surface area contributed by atoms with Gasteiger partial charge in [-0.2, -0.15) is 0 Å². The zero-order valence-electron chi connectivity index (χ0n) is 15.5. The minimum Gasteiger partial charge on any atom is -0.127 e. The summed E-state index contributed by atoms with van der Waals surface area (Å²) < 4.78 is 0. The summed E-state index contributed by atoms with van der Waals surface area (Å²) in [7, 11) is 0. The molecule has 0 spiro atoms. The molecule has 7 atom stereocenters. The number of allylic oxidation sites excluding steroid dienone is 4. The lowest BCUT2D eigenvalue weighted by molar-refractivity contribution is -0.0193. The highest BCUT2D eigenvalue weighted by atomic mass is 35.5. The SMILES string of the molecule is C[C@@H]1C[C@H]2[C@@H]3CCC4=CCC=C[C@]4(C)[C@@]3(Cl)CC[C@]2(C)[C@H]1CCCl. The van der Waals surface area contributed by atoms with Gasteiger partial charge in [0.05, 0.1) is 4.87 Å². The summed E-state index contributed by atoms with van der Waals surface area (Å²) in [6.07, 6.45) is 15.9. The fourth-order valence-electron chi connectivity index (χ4n) is 7.43. The van der Waals surface area contributed by atoms with E-state index >= 15 is 0 Å². The lowest BCUT2D eigenvalue weighted by Crippen LogP contribution is -2.59. The van der Waals surface area contributed by atoms with Crippen LogP contribution >= 0.6 is 23.2 Å². The summed E-state index contributed by atoms with van der Waals surface area (Å²) in [5.41, 5.74) is 2.14. The van der Waals surface area contributed by atoms with E-state index in [0.29, 0.717) is 11.3 Å². The molecule has 2 heteroatoms. The highest BCUT2D eigenvalue weighted by molar-refractivity contribution is 6.25. The predicted molar refractivity (Wildman–Crippen MR) is 105 cm³/mol. The van der Waals surface area contributed by atoms with Gasteiger partial charge in [-0.05, 0) is 74.0 Å². The predicted octanol–water partition coefficient (Wildman–Crippen LogP) is 6.97. The van der Waals surface area contributed by atoms with E-state index in [1.807, 2.05) is 0 Å². The molecule has 0 N–H and O–H groups in total. The van der Waals surface area contributed by atoms with Crippen LogP contribution in [0.15, 0.2) is 23.8 Å². The van der Waals surface area contributed by atoms with Crippen LogP contribution in [-0.2, 0) is 0 Å². The summed E-state index contributed by atoms with van der Waals surface area (Å²) in [4.78, 5) is -0.0756. The van der Waals surface area contributed by atoms with Crippen molar-refractivity contribution in [2.75, 3.05) is 5.88 Å². The van der Waals surface area contributed by atoms with E-state index in [-0.39, 0.29) is 10.3 Å². The Morgan fingerprint density at radius 3 is 2.75 bits per heavy atom. The van der Waals surface area contributed by atoms with Crippen LogP contribution in [-0.4, -0.2) is 10.8 Å². The second-order valence-corrected chi connectivity index (χ2v) is 10.5. The van der Waals surface area contributed by atoms with Gasteiger partial charge in [-0.1, -0.05) is 44.6 Å². The Kier molecular flexibility index (Phi) is 4.21. The van der Waals surface area contributed by atoms with Gasteiger partial charge in [0, 0.05) is 11.3 Å². The highest BCUT2D eigenvalue weighted by Gasteiger charge is 2.65. The molecule has 3 fully saturated rings. The van der Waals surface area contributed by atoms with Crippen molar-refractivity contribution in [3.05, 3.63) is 23.8 Å². The van der Waals surface area contributed by atoms with E-state index in [1.165, 1.54) is 32.1 Å². The number of fused-ring (bicyclic) bond motifs is 5. The van der Waals surface area contributed by atoms with E-state index in [0.717, 1.165) is 36.5 Å². The Labute approximate surface area is 158 Å². The molecule has 0 nitrogen and oxygen atoms in total. The van der Waals surface area contributed by atoms with Crippen molar-refractivity contribution in [2.24, 2.45) is 34.5 Å². The average Bonchev–Trinajstić information content (AvgIpc) is 2.80. The molecule has 24 heavy (non-hydrogen) atoms. The maximum Gasteiger partial charge on any atom is 0.0602 e. The molecule has 0 saturated heterocycles. The van der Waals surface area contributed by atoms with Gasteiger partial charge < -0.3 is 0 Å². The van der Waals surface area contributed by atoms with Gasteiger partial charge >= 0.3 is 0 Å². The Balaban J connectivity index is 1.72. The third-order valence-electron chi connectivity index (χ3n) is 8.73. The normalized spacial score (nSPS) is 53.1. The van der Waals surface area contributed by atoms with E-state index < -0.39 is 0 Å². The zero-order valence-corrected chi connectivity index (χ0v) is 17.0. The van der Waals surface area contributed by atoms with E-state index in [2.05, 4.69) is 39.0 Å². The number of halogens is 2. The molecule has 0 aromatic heterocycles. The number of hydrogen-bond donors (Lipinski definition) is 0.